The first-order valence-corrected chi connectivity index (χ1v) is 17.7. The second kappa shape index (κ2) is 13.1. The molecule has 3 rings (SSSR count). The summed E-state index contributed by atoms with van der Waals surface area (Å²) in [5.74, 6) is -0.394. The number of nitrogens with zero attached hydrogens (tertiary/aromatic N) is 3. The molecule has 0 bridgehead atoms. The zero-order chi connectivity index (χ0) is 30.8. The van der Waals surface area contributed by atoms with Gasteiger partial charge in [0.05, 0.1) is 35.1 Å². The molecule has 41 heavy (non-hydrogen) atoms. The van der Waals surface area contributed by atoms with Gasteiger partial charge in [0, 0.05) is 22.0 Å². The van der Waals surface area contributed by atoms with Gasteiger partial charge < -0.3 is 0 Å². The molecule has 1 amide bonds. The highest BCUT2D eigenvalue weighted by atomic mass is 35.5. The number of hydrogen-bond donors (Lipinski definition) is 1. The van der Waals surface area contributed by atoms with E-state index in [0.29, 0.717) is 35.8 Å². The third-order valence-corrected chi connectivity index (χ3v) is 12.8. The first kappa shape index (κ1) is 33.4. The number of hydrogen-bond acceptors (Lipinski definition) is 7. The van der Waals surface area contributed by atoms with E-state index in [0.717, 1.165) is 15.6 Å². The molecule has 2 aromatic carbocycles. The molecule has 1 unspecified atom stereocenters. The van der Waals surface area contributed by atoms with Gasteiger partial charge in [0.2, 0.25) is 10.0 Å². The van der Waals surface area contributed by atoms with Crippen molar-refractivity contribution in [1.82, 2.24) is 9.71 Å². The third kappa shape index (κ3) is 6.48. The van der Waals surface area contributed by atoms with Gasteiger partial charge in [-0.1, -0.05) is 35.3 Å². The molecule has 0 aliphatic carbocycles. The van der Waals surface area contributed by atoms with E-state index in [1.807, 2.05) is 20.8 Å². The van der Waals surface area contributed by atoms with Crippen molar-refractivity contribution >= 4 is 65.6 Å². The number of benzene rings is 2. The van der Waals surface area contributed by atoms with Crippen LogP contribution in [-0.2, 0) is 24.8 Å². The maximum absolute atomic E-state index is 14.1. The van der Waals surface area contributed by atoms with Crippen molar-refractivity contribution in [3.63, 3.8) is 0 Å². The number of halogens is 2. The molecule has 0 spiro atoms. The van der Waals surface area contributed by atoms with Gasteiger partial charge in [-0.05, 0) is 76.9 Å². The number of thiazole rings is 1. The molecule has 1 atom stereocenters. The van der Waals surface area contributed by atoms with Gasteiger partial charge in [-0.2, -0.15) is 4.72 Å². The number of amides is 1. The van der Waals surface area contributed by atoms with Gasteiger partial charge in [0.15, 0.2) is 11.2 Å². The highest BCUT2D eigenvalue weighted by molar-refractivity contribution is 7.93. The molecule has 0 radical (unpaired) electrons. The van der Waals surface area contributed by atoms with Gasteiger partial charge in [0.1, 0.15) is 0 Å². The highest BCUT2D eigenvalue weighted by Gasteiger charge is 2.43. The highest BCUT2D eigenvalue weighted by Crippen LogP contribution is 2.34. The molecule has 0 aliphatic heterocycles. The molecule has 0 fully saturated rings. The number of nitrogens with one attached hydrogen (secondary N) is 1. The van der Waals surface area contributed by atoms with Crippen molar-refractivity contribution in [2.45, 2.75) is 57.4 Å². The summed E-state index contributed by atoms with van der Waals surface area (Å²) < 4.78 is 58.3. The topological polar surface area (TPSA) is 114 Å². The summed E-state index contributed by atoms with van der Waals surface area (Å²) in [6, 6.07) is 7.78. The van der Waals surface area contributed by atoms with E-state index < -0.39 is 32.0 Å². The quantitative estimate of drug-likeness (QED) is 0.249. The minimum absolute atomic E-state index is 0.00786. The number of likely N-dealkylation sites (N-methyl/N-ethyl adjacent to an activating group) is 1. The number of anilines is 1. The van der Waals surface area contributed by atoms with Crippen molar-refractivity contribution in [3.05, 3.63) is 68.6 Å². The van der Waals surface area contributed by atoms with Crippen LogP contribution >= 0.6 is 34.5 Å². The summed E-state index contributed by atoms with van der Waals surface area (Å²) >= 11 is 13.4. The molecule has 0 saturated carbocycles. The molecular formula is C27H35Cl2N4O5S3+. The number of aromatic nitrogens is 1. The Morgan fingerprint density at radius 3 is 1.95 bits per heavy atom. The first-order valence-electron chi connectivity index (χ1n) is 13.1. The molecule has 0 aliphatic rings. The minimum atomic E-state index is -4.24. The van der Waals surface area contributed by atoms with Gasteiger partial charge in [0.25, 0.3) is 10.0 Å². The predicted octanol–water partition coefficient (Wildman–Crippen LogP) is 5.70. The van der Waals surface area contributed by atoms with Crippen molar-refractivity contribution in [3.8, 4) is 0 Å². The Labute approximate surface area is 256 Å². The van der Waals surface area contributed by atoms with Crippen LogP contribution in [0.2, 0.25) is 10.0 Å². The average Bonchev–Trinajstić information content (AvgIpc) is 3.41. The number of carbonyl (C=O) groups is 1. The van der Waals surface area contributed by atoms with Crippen LogP contribution in [-0.4, -0.2) is 58.4 Å². The van der Waals surface area contributed by atoms with E-state index in [1.165, 1.54) is 23.6 Å². The monoisotopic (exact) mass is 661 g/mol. The van der Waals surface area contributed by atoms with Crippen molar-refractivity contribution in [1.29, 1.82) is 0 Å². The Hall–Kier alpha value is -2.06. The summed E-state index contributed by atoms with van der Waals surface area (Å²) in [6.07, 6.45) is 0. The van der Waals surface area contributed by atoms with E-state index in [-0.39, 0.29) is 36.7 Å². The lowest BCUT2D eigenvalue weighted by atomic mass is 10.1. The van der Waals surface area contributed by atoms with E-state index >= 15 is 0 Å². The van der Waals surface area contributed by atoms with Crippen LogP contribution in [0.1, 0.15) is 50.6 Å². The van der Waals surface area contributed by atoms with Gasteiger partial charge in [-0.3, -0.25) is 4.48 Å². The molecular weight excluding hydrogens is 627 g/mol. The summed E-state index contributed by atoms with van der Waals surface area (Å²) in [6.45, 7) is 11.8. The minimum Gasteiger partial charge on any atom is -0.259 e. The summed E-state index contributed by atoms with van der Waals surface area (Å²) in [5.41, 5.74) is 0.847. The van der Waals surface area contributed by atoms with E-state index in [2.05, 4.69) is 9.71 Å². The van der Waals surface area contributed by atoms with Crippen LogP contribution < -0.4 is 9.03 Å². The van der Waals surface area contributed by atoms with Gasteiger partial charge in [-0.25, -0.2) is 30.9 Å². The van der Waals surface area contributed by atoms with E-state index in [1.54, 1.807) is 39.0 Å². The first-order chi connectivity index (χ1) is 19.2. The second-order valence-electron chi connectivity index (χ2n) is 9.44. The summed E-state index contributed by atoms with van der Waals surface area (Å²) in [7, 11) is -8.30. The lowest BCUT2D eigenvalue weighted by molar-refractivity contribution is -0.850. The fourth-order valence-corrected chi connectivity index (χ4v) is 9.37. The van der Waals surface area contributed by atoms with Crippen LogP contribution in [0, 0.1) is 13.8 Å². The summed E-state index contributed by atoms with van der Waals surface area (Å²) in [5, 5.41) is 2.20. The maximum atomic E-state index is 14.1. The van der Waals surface area contributed by atoms with Crippen molar-refractivity contribution < 1.29 is 26.1 Å². The molecule has 9 nitrogen and oxygen atoms in total. The van der Waals surface area contributed by atoms with Gasteiger partial charge >= 0.3 is 5.91 Å². The molecule has 3 aromatic rings. The third-order valence-electron chi connectivity index (χ3n) is 7.40. The van der Waals surface area contributed by atoms with Crippen molar-refractivity contribution in [2.75, 3.05) is 30.5 Å². The molecule has 1 heterocycles. The molecule has 1 aromatic heterocycles. The Morgan fingerprint density at radius 1 is 0.927 bits per heavy atom. The second-order valence-corrected chi connectivity index (χ2v) is 14.6. The van der Waals surface area contributed by atoms with Crippen LogP contribution in [0.3, 0.4) is 0 Å². The van der Waals surface area contributed by atoms with Crippen LogP contribution in [0.4, 0.5) is 5.13 Å². The van der Waals surface area contributed by atoms with Crippen molar-refractivity contribution in [2.24, 2.45) is 0 Å². The van der Waals surface area contributed by atoms with Gasteiger partial charge in [-0.15, -0.1) is 11.3 Å². The Kier molecular flexibility index (Phi) is 10.7. The molecule has 0 saturated heterocycles. The largest absolute Gasteiger partial charge is 0.337 e. The van der Waals surface area contributed by atoms with E-state index in [9.17, 15) is 21.6 Å². The fourth-order valence-electron chi connectivity index (χ4n) is 4.66. The molecule has 224 valence electrons. The van der Waals surface area contributed by atoms with Crippen LogP contribution in [0.15, 0.2) is 51.6 Å². The zero-order valence-corrected chi connectivity index (χ0v) is 27.8. The lowest BCUT2D eigenvalue weighted by Crippen LogP contribution is -2.57. The predicted molar refractivity (Wildman–Crippen MR) is 165 cm³/mol. The Bertz CT molecular complexity index is 1630. The number of sulfonamides is 2. The standard InChI is InChI=1S/C27H35Cl2N4O5S3/c1-7-32(41(37,38)24-16-12-14-21(29)19(24)6)27-30-22(17-39-27)25(26(34)33(8-2,9-3)10-4)31-40(35,36)23-15-11-13-20(28)18(23)5/h11-17,25,31H,7-10H2,1-6H3/q+1. The normalized spacial score (nSPS) is 13.3. The smallest absolute Gasteiger partial charge is 0.259 e. The van der Waals surface area contributed by atoms with Crippen LogP contribution in [0.25, 0.3) is 0 Å². The Morgan fingerprint density at radius 2 is 1.44 bits per heavy atom. The molecule has 1 N–H and O–H groups in total. The van der Waals surface area contributed by atoms with Crippen LogP contribution in [0.5, 0.6) is 0 Å². The SMILES string of the molecule is CCN(c1nc(C(NS(=O)(=O)c2cccc(Cl)c2C)C(=O)[N+](CC)(CC)CC)cs1)S(=O)(=O)c1cccc(Cl)c1C. The fraction of sp³-hybridized carbons (Fsp3) is 0.407. The summed E-state index contributed by atoms with van der Waals surface area (Å²) in [4.78, 5) is 18.6. The number of carbonyl (C=O) groups excluding carboxylic acids is 1. The number of rotatable bonds is 12. The Balaban J connectivity index is 2.15. The average molecular weight is 663 g/mol. The maximum Gasteiger partial charge on any atom is 0.337 e. The lowest BCUT2D eigenvalue weighted by Gasteiger charge is -2.35. The zero-order valence-electron chi connectivity index (χ0n) is 23.8. The number of quaternary nitrogens is 1. The van der Waals surface area contributed by atoms with E-state index in [4.69, 9.17) is 23.2 Å². The molecule has 14 heteroatoms.